The highest BCUT2D eigenvalue weighted by Gasteiger charge is 2.72. The van der Waals surface area contributed by atoms with Crippen LogP contribution in [0.3, 0.4) is 0 Å². The van der Waals surface area contributed by atoms with Gasteiger partial charge in [-0.05, 0) is 54.5 Å². The molecule has 2 bridgehead atoms. The van der Waals surface area contributed by atoms with Crippen LogP contribution in [0.5, 0.6) is 0 Å². The minimum absolute atomic E-state index is 0.0203. The predicted molar refractivity (Wildman–Crippen MR) is 153 cm³/mol. The summed E-state index contributed by atoms with van der Waals surface area (Å²) in [5.74, 6) is -1.52. The Kier molecular flexibility index (Phi) is 6.99. The maximum Gasteiger partial charge on any atom is 0.246 e. The first-order chi connectivity index (χ1) is 19.2. The van der Waals surface area contributed by atoms with E-state index in [0.717, 1.165) is 30.4 Å². The molecule has 2 aromatic rings. The lowest BCUT2D eigenvalue weighted by molar-refractivity contribution is -0.142. The van der Waals surface area contributed by atoms with E-state index in [1.165, 1.54) is 0 Å². The maximum atomic E-state index is 14.2. The van der Waals surface area contributed by atoms with Crippen LogP contribution in [0.4, 0.5) is 5.69 Å². The van der Waals surface area contributed by atoms with Crippen molar-refractivity contribution in [3.8, 4) is 0 Å². The number of hydrogen-bond acceptors (Lipinski definition) is 4. The lowest BCUT2D eigenvalue weighted by Crippen LogP contribution is -2.57. The standard InChI is InChI=1S/C32H36ClN3O4/c1-18-8-6-11-22(16-18)34-29(37)26-25-14-15-32(40-25)27(26)31(39)36(17-21-10-4-5-12-23(21)33)28(32)30(38)35-24-13-7-9-19(2)20(24)3/h4-6,8,10-12,14-16,19-20,24-28H,7,9,13,17H2,1-3H3,(H,34,37)(H,35,38)/t19-,20+,24-,25+,26-,27+,28+,32+/m1/s1. The topological polar surface area (TPSA) is 87.7 Å². The van der Waals surface area contributed by atoms with Gasteiger partial charge >= 0.3 is 0 Å². The normalized spacial score (nSPS) is 34.1. The predicted octanol–water partition coefficient (Wildman–Crippen LogP) is 4.88. The van der Waals surface area contributed by atoms with Gasteiger partial charge in [-0.2, -0.15) is 0 Å². The van der Waals surface area contributed by atoms with Gasteiger partial charge in [-0.3, -0.25) is 14.4 Å². The van der Waals surface area contributed by atoms with Crippen molar-refractivity contribution in [2.24, 2.45) is 23.7 Å². The Balaban J connectivity index is 1.34. The van der Waals surface area contributed by atoms with Crippen molar-refractivity contribution in [1.82, 2.24) is 10.2 Å². The number of nitrogens with zero attached hydrogens (tertiary/aromatic N) is 1. The van der Waals surface area contributed by atoms with Crippen LogP contribution in [-0.2, 0) is 25.7 Å². The molecule has 4 aliphatic rings. The number of carbonyl (C=O) groups is 3. The third kappa shape index (κ3) is 4.44. The van der Waals surface area contributed by atoms with E-state index >= 15 is 0 Å². The van der Waals surface area contributed by atoms with Crippen molar-refractivity contribution in [1.29, 1.82) is 0 Å². The van der Waals surface area contributed by atoms with E-state index in [2.05, 4.69) is 24.5 Å². The number of likely N-dealkylation sites (tertiary alicyclic amines) is 1. The summed E-state index contributed by atoms with van der Waals surface area (Å²) >= 11 is 6.50. The molecule has 1 spiro atoms. The molecule has 3 aliphatic heterocycles. The smallest absolute Gasteiger partial charge is 0.246 e. The maximum absolute atomic E-state index is 14.2. The summed E-state index contributed by atoms with van der Waals surface area (Å²) in [5, 5.41) is 6.80. The van der Waals surface area contributed by atoms with E-state index < -0.39 is 29.6 Å². The molecule has 1 saturated carbocycles. The van der Waals surface area contributed by atoms with Crippen LogP contribution in [0.2, 0.25) is 5.02 Å². The Morgan fingerprint density at radius 3 is 2.67 bits per heavy atom. The van der Waals surface area contributed by atoms with E-state index in [4.69, 9.17) is 16.3 Å². The molecular formula is C32H36ClN3O4. The summed E-state index contributed by atoms with van der Waals surface area (Å²) in [6.07, 6.45) is 6.21. The van der Waals surface area contributed by atoms with Crippen LogP contribution in [0.25, 0.3) is 0 Å². The molecule has 6 rings (SSSR count). The molecule has 3 fully saturated rings. The lowest BCUT2D eigenvalue weighted by Gasteiger charge is -2.38. The van der Waals surface area contributed by atoms with Crippen molar-refractivity contribution in [2.75, 3.05) is 5.32 Å². The average molecular weight is 562 g/mol. The third-order valence-electron chi connectivity index (χ3n) is 9.54. The molecule has 2 aromatic carbocycles. The number of carbonyl (C=O) groups excluding carboxylic acids is 3. The first-order valence-electron chi connectivity index (χ1n) is 14.3. The zero-order chi connectivity index (χ0) is 28.2. The van der Waals surface area contributed by atoms with Gasteiger partial charge in [-0.1, -0.05) is 80.8 Å². The first-order valence-corrected chi connectivity index (χ1v) is 14.7. The van der Waals surface area contributed by atoms with Crippen molar-refractivity contribution >= 4 is 35.0 Å². The molecule has 7 nitrogen and oxygen atoms in total. The number of anilines is 1. The van der Waals surface area contributed by atoms with E-state index in [0.29, 0.717) is 22.5 Å². The zero-order valence-corrected chi connectivity index (χ0v) is 23.9. The fourth-order valence-electron chi connectivity index (χ4n) is 7.24. The number of benzene rings is 2. The monoisotopic (exact) mass is 561 g/mol. The van der Waals surface area contributed by atoms with Crippen molar-refractivity contribution < 1.29 is 19.1 Å². The number of rotatable bonds is 6. The van der Waals surface area contributed by atoms with E-state index in [-0.39, 0.29) is 30.3 Å². The summed E-state index contributed by atoms with van der Waals surface area (Å²) in [7, 11) is 0. The molecule has 3 heterocycles. The Hall–Kier alpha value is -3.16. The van der Waals surface area contributed by atoms with E-state index in [1.54, 1.807) is 11.0 Å². The molecule has 3 amide bonds. The van der Waals surface area contributed by atoms with Crippen molar-refractivity contribution in [2.45, 2.75) is 70.4 Å². The number of ether oxygens (including phenoxy) is 1. The largest absolute Gasteiger partial charge is 0.359 e. The first kappa shape index (κ1) is 27.0. The molecule has 1 aliphatic carbocycles. The Bertz CT molecular complexity index is 1380. The molecule has 0 aromatic heterocycles. The highest BCUT2D eigenvalue weighted by Crippen LogP contribution is 2.55. The van der Waals surface area contributed by atoms with Gasteiger partial charge in [0.2, 0.25) is 17.7 Å². The second-order valence-corrected chi connectivity index (χ2v) is 12.4. The number of hydrogen-bond donors (Lipinski definition) is 2. The quantitative estimate of drug-likeness (QED) is 0.492. The van der Waals surface area contributed by atoms with Crippen molar-refractivity contribution in [3.63, 3.8) is 0 Å². The van der Waals surface area contributed by atoms with Crippen LogP contribution < -0.4 is 10.6 Å². The van der Waals surface area contributed by atoms with Gasteiger partial charge in [0.15, 0.2) is 0 Å². The van der Waals surface area contributed by atoms with E-state index in [9.17, 15) is 14.4 Å². The van der Waals surface area contributed by atoms with Crippen LogP contribution in [0.15, 0.2) is 60.7 Å². The van der Waals surface area contributed by atoms with Gasteiger partial charge in [0.25, 0.3) is 0 Å². The highest BCUT2D eigenvalue weighted by atomic mass is 35.5. The van der Waals surface area contributed by atoms with Gasteiger partial charge in [-0.15, -0.1) is 0 Å². The molecule has 2 N–H and O–H groups in total. The molecule has 8 atom stereocenters. The Morgan fingerprint density at radius 2 is 1.90 bits per heavy atom. The summed E-state index contributed by atoms with van der Waals surface area (Å²) in [6, 6.07) is 14.0. The van der Waals surface area contributed by atoms with Gasteiger partial charge < -0.3 is 20.3 Å². The molecular weight excluding hydrogens is 526 g/mol. The van der Waals surface area contributed by atoms with Gasteiger partial charge in [-0.25, -0.2) is 0 Å². The second kappa shape index (κ2) is 10.3. The Morgan fingerprint density at radius 1 is 1.10 bits per heavy atom. The summed E-state index contributed by atoms with van der Waals surface area (Å²) in [5.41, 5.74) is 1.21. The number of fused-ring (bicyclic) bond motifs is 1. The second-order valence-electron chi connectivity index (χ2n) is 12.0. The fourth-order valence-corrected chi connectivity index (χ4v) is 7.44. The van der Waals surface area contributed by atoms with E-state index in [1.807, 2.05) is 61.5 Å². The molecule has 8 heteroatoms. The molecule has 0 radical (unpaired) electrons. The Labute approximate surface area is 240 Å². The van der Waals surface area contributed by atoms with Gasteiger partial charge in [0.1, 0.15) is 11.6 Å². The minimum atomic E-state index is -1.22. The number of aryl methyl sites for hydroxylation is 1. The fraction of sp³-hybridized carbons (Fsp3) is 0.469. The summed E-state index contributed by atoms with van der Waals surface area (Å²) in [6.45, 7) is 6.51. The molecule has 2 saturated heterocycles. The van der Waals surface area contributed by atoms with Crippen LogP contribution in [0, 0.1) is 30.6 Å². The lowest BCUT2D eigenvalue weighted by atomic mass is 9.73. The van der Waals surface area contributed by atoms with Crippen LogP contribution in [0.1, 0.15) is 44.2 Å². The van der Waals surface area contributed by atoms with Crippen LogP contribution >= 0.6 is 11.6 Å². The highest BCUT2D eigenvalue weighted by molar-refractivity contribution is 6.31. The van der Waals surface area contributed by atoms with Crippen molar-refractivity contribution in [3.05, 3.63) is 76.8 Å². The third-order valence-corrected chi connectivity index (χ3v) is 9.91. The number of nitrogens with one attached hydrogen (secondary N) is 2. The molecule has 0 unspecified atom stereocenters. The average Bonchev–Trinajstić information content (AvgIpc) is 3.55. The molecule has 40 heavy (non-hydrogen) atoms. The van der Waals surface area contributed by atoms with Gasteiger partial charge in [0.05, 0.1) is 17.9 Å². The SMILES string of the molecule is Cc1cccc(NC(=O)[C@@H]2[C@@H]3C=C[C@]4(O3)[C@@H]2C(=O)N(Cc2ccccc2Cl)[C@H]4C(=O)N[C@@H]2CCC[C@@H](C)[C@@H]2C)c1. The number of halogens is 1. The van der Waals surface area contributed by atoms with Crippen LogP contribution in [-0.4, -0.2) is 46.4 Å². The summed E-state index contributed by atoms with van der Waals surface area (Å²) < 4.78 is 6.49. The molecule has 210 valence electrons. The minimum Gasteiger partial charge on any atom is -0.359 e. The zero-order valence-electron chi connectivity index (χ0n) is 23.1. The van der Waals surface area contributed by atoms with Gasteiger partial charge in [0, 0.05) is 23.3 Å². The summed E-state index contributed by atoms with van der Waals surface area (Å²) in [4.78, 5) is 43.7. The number of amides is 3.